The number of hydrogen-bond acceptors (Lipinski definition) is 3. The number of H-pyrrole nitrogens is 1. The van der Waals surface area contributed by atoms with E-state index >= 15 is 0 Å². The van der Waals surface area contributed by atoms with Gasteiger partial charge in [-0.15, -0.1) is 0 Å². The Balaban J connectivity index is 1.71. The number of halogens is 1. The standard InChI is InChI=1S/C26H25FN2O3S/c1-18-4-3-5-20(14-18)12-13-29(33(31,32)24-10-8-23(27)9-11-24)17-22-16-21-7-6-19(2)15-25(21)28-26(22)30/h3-11,14-16H,12-13,17H2,1-2H3,(H,28,30). The largest absolute Gasteiger partial charge is 0.322 e. The van der Waals surface area contributed by atoms with Crippen molar-refractivity contribution in [1.82, 2.24) is 9.29 Å². The molecule has 0 aliphatic heterocycles. The second kappa shape index (κ2) is 9.29. The van der Waals surface area contributed by atoms with E-state index in [1.807, 2.05) is 56.3 Å². The molecule has 0 spiro atoms. The number of sulfonamides is 1. The highest BCUT2D eigenvalue weighted by Crippen LogP contribution is 2.21. The summed E-state index contributed by atoms with van der Waals surface area (Å²) in [7, 11) is -3.96. The zero-order valence-corrected chi connectivity index (χ0v) is 19.3. The van der Waals surface area contributed by atoms with E-state index in [0.717, 1.165) is 34.2 Å². The molecule has 0 aliphatic rings. The number of rotatable bonds is 7. The molecule has 0 amide bonds. The van der Waals surface area contributed by atoms with Gasteiger partial charge in [-0.2, -0.15) is 4.31 Å². The normalized spacial score (nSPS) is 11.9. The zero-order chi connectivity index (χ0) is 23.6. The first-order valence-corrected chi connectivity index (χ1v) is 12.1. The van der Waals surface area contributed by atoms with Crippen molar-refractivity contribution in [3.8, 4) is 0 Å². The van der Waals surface area contributed by atoms with Crippen LogP contribution in [0.25, 0.3) is 10.9 Å². The average Bonchev–Trinajstić information content (AvgIpc) is 2.77. The molecule has 4 rings (SSSR count). The van der Waals surface area contributed by atoms with Crippen LogP contribution < -0.4 is 5.56 Å². The molecule has 0 saturated carbocycles. The van der Waals surface area contributed by atoms with Crippen LogP contribution in [0.3, 0.4) is 0 Å². The summed E-state index contributed by atoms with van der Waals surface area (Å²) in [6.45, 7) is 4.00. The molecule has 170 valence electrons. The van der Waals surface area contributed by atoms with Gasteiger partial charge in [-0.05, 0) is 73.2 Å². The SMILES string of the molecule is Cc1cccc(CCN(Cc2cc3ccc(C)cc3[nH]c2=O)S(=O)(=O)c2ccc(F)cc2)c1. The van der Waals surface area contributed by atoms with Crippen molar-refractivity contribution in [3.63, 3.8) is 0 Å². The van der Waals surface area contributed by atoms with Gasteiger partial charge >= 0.3 is 0 Å². The number of nitrogens with one attached hydrogen (secondary N) is 1. The monoisotopic (exact) mass is 464 g/mol. The Bertz CT molecular complexity index is 1460. The number of benzene rings is 3. The minimum Gasteiger partial charge on any atom is -0.322 e. The number of aromatic nitrogens is 1. The van der Waals surface area contributed by atoms with Crippen LogP contribution in [0.1, 0.15) is 22.3 Å². The van der Waals surface area contributed by atoms with E-state index in [2.05, 4.69) is 4.98 Å². The number of aromatic amines is 1. The highest BCUT2D eigenvalue weighted by Gasteiger charge is 2.25. The maximum Gasteiger partial charge on any atom is 0.252 e. The van der Waals surface area contributed by atoms with Crippen LogP contribution in [0.4, 0.5) is 4.39 Å². The molecule has 0 bridgehead atoms. The Hall–Kier alpha value is -3.29. The van der Waals surface area contributed by atoms with Crippen LogP contribution in [0.2, 0.25) is 0 Å². The second-order valence-electron chi connectivity index (χ2n) is 8.25. The summed E-state index contributed by atoms with van der Waals surface area (Å²) < 4.78 is 41.6. The smallest absolute Gasteiger partial charge is 0.252 e. The van der Waals surface area contributed by atoms with E-state index in [-0.39, 0.29) is 23.5 Å². The van der Waals surface area contributed by atoms with Gasteiger partial charge in [0, 0.05) is 24.2 Å². The summed E-state index contributed by atoms with van der Waals surface area (Å²) in [4.78, 5) is 15.6. The molecule has 0 atom stereocenters. The van der Waals surface area contributed by atoms with Crippen LogP contribution in [-0.2, 0) is 23.0 Å². The zero-order valence-electron chi connectivity index (χ0n) is 18.5. The molecule has 0 aliphatic carbocycles. The minimum atomic E-state index is -3.96. The summed E-state index contributed by atoms with van der Waals surface area (Å²) in [5.74, 6) is -0.512. The van der Waals surface area contributed by atoms with E-state index in [4.69, 9.17) is 0 Å². The lowest BCUT2D eigenvalue weighted by Crippen LogP contribution is -2.34. The molecule has 1 N–H and O–H groups in total. The fraction of sp³-hybridized carbons (Fsp3) is 0.192. The highest BCUT2D eigenvalue weighted by atomic mass is 32.2. The predicted octanol–water partition coefficient (Wildman–Crippen LogP) is 4.72. The molecule has 3 aromatic carbocycles. The van der Waals surface area contributed by atoms with Gasteiger partial charge in [-0.3, -0.25) is 4.79 Å². The Morgan fingerprint density at radius 3 is 2.36 bits per heavy atom. The third kappa shape index (κ3) is 5.21. The van der Waals surface area contributed by atoms with Crippen molar-refractivity contribution < 1.29 is 12.8 Å². The number of pyridine rings is 1. The van der Waals surface area contributed by atoms with E-state index in [9.17, 15) is 17.6 Å². The number of aryl methyl sites for hydroxylation is 2. The molecule has 0 radical (unpaired) electrons. The Morgan fingerprint density at radius 2 is 1.64 bits per heavy atom. The topological polar surface area (TPSA) is 70.2 Å². The van der Waals surface area contributed by atoms with Crippen LogP contribution in [0.15, 0.2) is 82.5 Å². The molecule has 0 fully saturated rings. The fourth-order valence-electron chi connectivity index (χ4n) is 3.83. The van der Waals surface area contributed by atoms with Crippen LogP contribution in [-0.4, -0.2) is 24.3 Å². The van der Waals surface area contributed by atoms with Crippen molar-refractivity contribution in [2.75, 3.05) is 6.54 Å². The lowest BCUT2D eigenvalue weighted by atomic mass is 10.1. The molecule has 33 heavy (non-hydrogen) atoms. The molecular weight excluding hydrogens is 439 g/mol. The summed E-state index contributed by atoms with van der Waals surface area (Å²) in [5.41, 5.74) is 3.82. The quantitative estimate of drug-likeness (QED) is 0.430. The van der Waals surface area contributed by atoms with E-state index in [1.54, 1.807) is 6.07 Å². The maximum absolute atomic E-state index is 13.4. The third-order valence-electron chi connectivity index (χ3n) is 5.61. The molecule has 1 aromatic heterocycles. The highest BCUT2D eigenvalue weighted by molar-refractivity contribution is 7.89. The fourth-order valence-corrected chi connectivity index (χ4v) is 5.25. The molecule has 0 saturated heterocycles. The van der Waals surface area contributed by atoms with Gasteiger partial charge in [-0.25, -0.2) is 12.8 Å². The van der Waals surface area contributed by atoms with E-state index in [0.29, 0.717) is 17.5 Å². The predicted molar refractivity (Wildman–Crippen MR) is 128 cm³/mol. The van der Waals surface area contributed by atoms with Gasteiger partial charge in [0.25, 0.3) is 5.56 Å². The first-order chi connectivity index (χ1) is 15.7. The lowest BCUT2D eigenvalue weighted by Gasteiger charge is -2.22. The maximum atomic E-state index is 13.4. The summed E-state index contributed by atoms with van der Waals surface area (Å²) in [5, 5.41) is 0.827. The van der Waals surface area contributed by atoms with Gasteiger partial charge in [0.2, 0.25) is 10.0 Å². The van der Waals surface area contributed by atoms with E-state index in [1.165, 1.54) is 16.4 Å². The molecular formula is C26H25FN2O3S. The van der Waals surface area contributed by atoms with E-state index < -0.39 is 15.8 Å². The molecule has 0 unspecified atom stereocenters. The van der Waals surface area contributed by atoms with Crippen LogP contribution >= 0.6 is 0 Å². The minimum absolute atomic E-state index is 0.0130. The number of nitrogens with zero attached hydrogens (tertiary/aromatic N) is 1. The van der Waals surface area contributed by atoms with Gasteiger partial charge < -0.3 is 4.98 Å². The van der Waals surface area contributed by atoms with Crippen molar-refractivity contribution >= 4 is 20.9 Å². The van der Waals surface area contributed by atoms with Crippen LogP contribution in [0, 0.1) is 19.7 Å². The summed E-state index contributed by atoms with van der Waals surface area (Å²) >= 11 is 0. The number of fused-ring (bicyclic) bond motifs is 1. The van der Waals surface area contributed by atoms with Crippen LogP contribution in [0.5, 0.6) is 0 Å². The Labute approximate surface area is 192 Å². The molecule has 7 heteroatoms. The second-order valence-corrected chi connectivity index (χ2v) is 10.2. The van der Waals surface area contributed by atoms with Crippen molar-refractivity contribution in [1.29, 1.82) is 0 Å². The van der Waals surface area contributed by atoms with Crippen molar-refractivity contribution in [2.24, 2.45) is 0 Å². The molecule has 1 heterocycles. The van der Waals surface area contributed by atoms with Gasteiger partial charge in [0.1, 0.15) is 5.82 Å². The van der Waals surface area contributed by atoms with Gasteiger partial charge in [0.05, 0.1) is 4.90 Å². The summed E-state index contributed by atoms with van der Waals surface area (Å²) in [6, 6.07) is 20.0. The molecule has 5 nitrogen and oxygen atoms in total. The first kappa shape index (κ1) is 22.9. The lowest BCUT2D eigenvalue weighted by molar-refractivity contribution is 0.408. The van der Waals surface area contributed by atoms with Crippen molar-refractivity contribution in [2.45, 2.75) is 31.7 Å². The van der Waals surface area contributed by atoms with Gasteiger partial charge in [-0.1, -0.05) is 42.0 Å². The number of hydrogen-bond donors (Lipinski definition) is 1. The third-order valence-corrected chi connectivity index (χ3v) is 7.47. The Morgan fingerprint density at radius 1 is 0.909 bits per heavy atom. The molecule has 4 aromatic rings. The average molecular weight is 465 g/mol. The Kier molecular flexibility index (Phi) is 6.44. The van der Waals surface area contributed by atoms with Gasteiger partial charge in [0.15, 0.2) is 0 Å². The first-order valence-electron chi connectivity index (χ1n) is 10.7. The van der Waals surface area contributed by atoms with Crippen molar-refractivity contribution in [3.05, 3.63) is 111 Å². The summed E-state index contributed by atoms with van der Waals surface area (Å²) in [6.07, 6.45) is 0.479.